The minimum atomic E-state index is -4.67. The molecule has 1 N–H and O–H groups in total. The number of rotatable bonds is 5. The third-order valence-corrected chi connectivity index (χ3v) is 5.98. The van der Waals surface area contributed by atoms with Gasteiger partial charge in [-0.15, -0.1) is 0 Å². The van der Waals surface area contributed by atoms with E-state index in [9.17, 15) is 22.8 Å². The first kappa shape index (κ1) is 24.8. The van der Waals surface area contributed by atoms with Crippen LogP contribution in [0.2, 0.25) is 10.0 Å². The molecule has 1 heterocycles. The van der Waals surface area contributed by atoms with E-state index in [4.69, 9.17) is 23.2 Å². The Morgan fingerprint density at radius 2 is 1.66 bits per heavy atom. The molecule has 0 bridgehead atoms. The summed E-state index contributed by atoms with van der Waals surface area (Å²) in [7, 11) is 0. The molecule has 0 radical (unpaired) electrons. The number of aliphatic imine (C=N–C) groups is 1. The number of para-hydroxylation sites is 1. The number of anilines is 1. The Hall–Kier alpha value is -3.36. The fourth-order valence-electron chi connectivity index (χ4n) is 3.73. The standard InChI is InChI=1S/C25H18Cl2F3N3O2/c26-18-11-10-15(12-19(18)27)13-21(34)31-23-24(35)33(14-25(28,29)30)20-9-5-4-8-17(20)22(32-23)16-6-2-1-3-7-16/h1-12,23H,13-14H2,(H,31,34)/t23-/m1/s1. The fraction of sp³-hybridized carbons (Fsp3) is 0.160. The van der Waals surface area contributed by atoms with Crippen molar-refractivity contribution in [3.63, 3.8) is 0 Å². The van der Waals surface area contributed by atoms with E-state index in [-0.39, 0.29) is 17.1 Å². The summed E-state index contributed by atoms with van der Waals surface area (Å²) < 4.78 is 40.4. The SMILES string of the molecule is O=C(Cc1ccc(Cl)c(Cl)c1)N[C@@H]1N=C(c2ccccc2)c2ccccc2N(CC(F)(F)F)C1=O. The van der Waals surface area contributed by atoms with Crippen molar-refractivity contribution >= 4 is 46.4 Å². The Balaban J connectivity index is 1.74. The van der Waals surface area contributed by atoms with Gasteiger partial charge < -0.3 is 5.32 Å². The van der Waals surface area contributed by atoms with Crippen molar-refractivity contribution < 1.29 is 22.8 Å². The van der Waals surface area contributed by atoms with Crippen LogP contribution in [0.25, 0.3) is 0 Å². The zero-order valence-corrected chi connectivity index (χ0v) is 19.5. The van der Waals surface area contributed by atoms with Crippen molar-refractivity contribution in [2.45, 2.75) is 18.8 Å². The molecule has 0 fully saturated rings. The number of benzodiazepines with no additional fused rings is 1. The molecule has 0 aliphatic carbocycles. The molecule has 180 valence electrons. The highest BCUT2D eigenvalue weighted by atomic mass is 35.5. The minimum Gasteiger partial charge on any atom is -0.326 e. The summed E-state index contributed by atoms with van der Waals surface area (Å²) >= 11 is 11.9. The van der Waals surface area contributed by atoms with Gasteiger partial charge in [0.1, 0.15) is 6.54 Å². The van der Waals surface area contributed by atoms with Gasteiger partial charge >= 0.3 is 6.18 Å². The van der Waals surface area contributed by atoms with Gasteiger partial charge in [0.25, 0.3) is 5.91 Å². The summed E-state index contributed by atoms with van der Waals surface area (Å²) in [6.07, 6.45) is -6.42. The zero-order valence-electron chi connectivity index (χ0n) is 18.0. The van der Waals surface area contributed by atoms with Gasteiger partial charge in [0.05, 0.1) is 27.9 Å². The first-order chi connectivity index (χ1) is 16.6. The van der Waals surface area contributed by atoms with E-state index in [1.54, 1.807) is 54.6 Å². The molecule has 1 aliphatic heterocycles. The summed E-state index contributed by atoms with van der Waals surface area (Å²) in [6.45, 7) is -1.53. The molecular weight excluding hydrogens is 502 g/mol. The van der Waals surface area contributed by atoms with E-state index >= 15 is 0 Å². The largest absolute Gasteiger partial charge is 0.406 e. The van der Waals surface area contributed by atoms with Gasteiger partial charge in [-0.05, 0) is 23.8 Å². The Kier molecular flexibility index (Phi) is 7.14. The number of amides is 2. The lowest BCUT2D eigenvalue weighted by molar-refractivity contribution is -0.134. The van der Waals surface area contributed by atoms with Crippen LogP contribution in [0, 0.1) is 0 Å². The van der Waals surface area contributed by atoms with Crippen molar-refractivity contribution in [1.82, 2.24) is 5.32 Å². The molecule has 3 aromatic carbocycles. The van der Waals surface area contributed by atoms with E-state index in [1.807, 2.05) is 0 Å². The summed E-state index contributed by atoms with van der Waals surface area (Å²) in [5, 5.41) is 3.04. The number of carbonyl (C=O) groups excluding carboxylic acids is 2. The van der Waals surface area contributed by atoms with Crippen LogP contribution in [-0.4, -0.2) is 36.4 Å². The minimum absolute atomic E-state index is 0.0543. The fourth-order valence-corrected chi connectivity index (χ4v) is 4.05. The number of hydrogen-bond acceptors (Lipinski definition) is 3. The highest BCUT2D eigenvalue weighted by Gasteiger charge is 2.39. The van der Waals surface area contributed by atoms with Gasteiger partial charge in [-0.3, -0.25) is 14.5 Å². The van der Waals surface area contributed by atoms with Gasteiger partial charge in [-0.25, -0.2) is 4.99 Å². The Morgan fingerprint density at radius 1 is 0.971 bits per heavy atom. The Bertz CT molecular complexity index is 1300. The van der Waals surface area contributed by atoms with Gasteiger partial charge in [-0.1, -0.05) is 77.8 Å². The van der Waals surface area contributed by atoms with Crippen LogP contribution in [0.15, 0.2) is 77.8 Å². The predicted octanol–water partition coefficient (Wildman–Crippen LogP) is 5.42. The second-order valence-corrected chi connectivity index (χ2v) is 8.61. The molecule has 2 amide bonds. The number of fused-ring (bicyclic) bond motifs is 1. The summed E-state index contributed by atoms with van der Waals surface area (Å²) in [5.74, 6) is -1.61. The number of carbonyl (C=O) groups is 2. The smallest absolute Gasteiger partial charge is 0.326 e. The second-order valence-electron chi connectivity index (χ2n) is 7.80. The number of nitrogens with one attached hydrogen (secondary N) is 1. The van der Waals surface area contributed by atoms with Crippen LogP contribution in [-0.2, 0) is 16.0 Å². The number of halogens is 5. The van der Waals surface area contributed by atoms with Gasteiger partial charge in [0, 0.05) is 11.1 Å². The summed E-state index contributed by atoms with van der Waals surface area (Å²) in [4.78, 5) is 31.2. The van der Waals surface area contributed by atoms with Gasteiger partial charge in [0.15, 0.2) is 0 Å². The number of alkyl halides is 3. The molecule has 3 aromatic rings. The Morgan fingerprint density at radius 3 is 2.34 bits per heavy atom. The number of nitrogens with zero attached hydrogens (tertiary/aromatic N) is 2. The highest BCUT2D eigenvalue weighted by Crippen LogP contribution is 2.31. The quantitative estimate of drug-likeness (QED) is 0.488. The number of benzene rings is 3. The van der Waals surface area contributed by atoms with Gasteiger partial charge in [-0.2, -0.15) is 13.2 Å². The number of hydrogen-bond donors (Lipinski definition) is 1. The third kappa shape index (κ3) is 5.83. The maximum absolute atomic E-state index is 13.5. The molecule has 0 spiro atoms. The molecule has 1 atom stereocenters. The van der Waals surface area contributed by atoms with Crippen LogP contribution >= 0.6 is 23.2 Å². The molecule has 10 heteroatoms. The van der Waals surface area contributed by atoms with E-state index in [2.05, 4.69) is 10.3 Å². The molecule has 0 saturated heterocycles. The van der Waals surface area contributed by atoms with Crippen molar-refractivity contribution in [1.29, 1.82) is 0 Å². The first-order valence-electron chi connectivity index (χ1n) is 10.5. The molecule has 1 aliphatic rings. The van der Waals surface area contributed by atoms with E-state index < -0.39 is 30.7 Å². The monoisotopic (exact) mass is 519 g/mol. The average molecular weight is 520 g/mol. The lowest BCUT2D eigenvalue weighted by atomic mass is 10.0. The lowest BCUT2D eigenvalue weighted by Crippen LogP contribution is -2.50. The zero-order chi connectivity index (χ0) is 25.2. The molecule has 5 nitrogen and oxygen atoms in total. The van der Waals surface area contributed by atoms with Crippen molar-refractivity contribution in [2.24, 2.45) is 4.99 Å². The summed E-state index contributed by atoms with van der Waals surface area (Å²) in [6, 6.07) is 19.6. The van der Waals surface area contributed by atoms with Crippen molar-refractivity contribution in [3.8, 4) is 0 Å². The van der Waals surface area contributed by atoms with Crippen LogP contribution in [0.5, 0.6) is 0 Å². The first-order valence-corrected chi connectivity index (χ1v) is 11.2. The molecular formula is C25H18Cl2F3N3O2. The van der Waals surface area contributed by atoms with E-state index in [0.29, 0.717) is 32.3 Å². The van der Waals surface area contributed by atoms with Gasteiger partial charge in [0.2, 0.25) is 12.1 Å². The summed E-state index contributed by atoms with van der Waals surface area (Å²) in [5.41, 5.74) is 1.79. The maximum atomic E-state index is 13.5. The molecule has 0 unspecified atom stereocenters. The average Bonchev–Trinajstić information content (AvgIpc) is 2.92. The third-order valence-electron chi connectivity index (χ3n) is 5.24. The van der Waals surface area contributed by atoms with Crippen LogP contribution in [0.4, 0.5) is 18.9 Å². The van der Waals surface area contributed by atoms with Crippen LogP contribution < -0.4 is 10.2 Å². The molecule has 0 aromatic heterocycles. The van der Waals surface area contributed by atoms with Crippen LogP contribution in [0.1, 0.15) is 16.7 Å². The topological polar surface area (TPSA) is 61.8 Å². The normalized spacial score (nSPS) is 15.8. The maximum Gasteiger partial charge on any atom is 0.406 e. The Labute approximate surface area is 209 Å². The van der Waals surface area contributed by atoms with E-state index in [1.165, 1.54) is 18.2 Å². The predicted molar refractivity (Wildman–Crippen MR) is 129 cm³/mol. The van der Waals surface area contributed by atoms with Crippen LogP contribution in [0.3, 0.4) is 0 Å². The van der Waals surface area contributed by atoms with Crippen molar-refractivity contribution in [2.75, 3.05) is 11.4 Å². The molecule has 4 rings (SSSR count). The highest BCUT2D eigenvalue weighted by molar-refractivity contribution is 6.42. The lowest BCUT2D eigenvalue weighted by Gasteiger charge is -2.26. The van der Waals surface area contributed by atoms with Crippen molar-refractivity contribution in [3.05, 3.63) is 99.5 Å². The second kappa shape index (κ2) is 10.1. The molecule has 35 heavy (non-hydrogen) atoms. The van der Waals surface area contributed by atoms with E-state index in [0.717, 1.165) is 0 Å². The molecule has 0 saturated carbocycles.